The fourth-order valence-corrected chi connectivity index (χ4v) is 3.70. The van der Waals surface area contributed by atoms with Gasteiger partial charge in [-0.2, -0.15) is 0 Å². The van der Waals surface area contributed by atoms with Crippen molar-refractivity contribution in [2.45, 2.75) is 38.6 Å². The van der Waals surface area contributed by atoms with Gasteiger partial charge in [0, 0.05) is 19.5 Å². The summed E-state index contributed by atoms with van der Waals surface area (Å²) in [6.07, 6.45) is 5.12. The number of imidazole rings is 1. The first-order valence-corrected chi connectivity index (χ1v) is 7.76. The van der Waals surface area contributed by atoms with Gasteiger partial charge in [0.1, 0.15) is 5.82 Å². The fraction of sp³-hybridized carbons (Fsp3) is 0.588. The Morgan fingerprint density at radius 1 is 1.35 bits per heavy atom. The van der Waals surface area contributed by atoms with Gasteiger partial charge in [-0.15, -0.1) is 0 Å². The number of nitrogens with one attached hydrogen (secondary N) is 1. The molecule has 1 N–H and O–H groups in total. The summed E-state index contributed by atoms with van der Waals surface area (Å²) in [5.41, 5.74) is 2.34. The Morgan fingerprint density at radius 2 is 2.15 bits per heavy atom. The first kappa shape index (κ1) is 13.6. The lowest BCUT2D eigenvalue weighted by Crippen LogP contribution is -2.35. The third kappa shape index (κ3) is 2.47. The van der Waals surface area contributed by atoms with Crippen LogP contribution in [-0.4, -0.2) is 22.6 Å². The average molecular weight is 271 g/mol. The molecule has 1 heterocycles. The number of likely N-dealkylation sites (N-methyl/N-ethyl adjacent to an activating group) is 1. The van der Waals surface area contributed by atoms with E-state index in [0.29, 0.717) is 6.04 Å². The Hall–Kier alpha value is -1.35. The normalized spacial score (nSPS) is 24.4. The molecule has 3 atom stereocenters. The molecule has 1 aromatic heterocycles. The van der Waals surface area contributed by atoms with Crippen LogP contribution in [0, 0.1) is 11.8 Å². The largest absolute Gasteiger partial charge is 0.331 e. The highest BCUT2D eigenvalue weighted by molar-refractivity contribution is 5.75. The molecule has 3 rings (SSSR count). The van der Waals surface area contributed by atoms with Gasteiger partial charge < -0.3 is 9.88 Å². The summed E-state index contributed by atoms with van der Waals surface area (Å²) in [5, 5.41) is 3.53. The second kappa shape index (κ2) is 5.57. The third-order valence-corrected chi connectivity index (χ3v) is 4.96. The highest BCUT2D eigenvalue weighted by Crippen LogP contribution is 2.33. The van der Waals surface area contributed by atoms with E-state index in [4.69, 9.17) is 4.98 Å². The lowest BCUT2D eigenvalue weighted by atomic mass is 9.94. The number of fused-ring (bicyclic) bond motifs is 1. The van der Waals surface area contributed by atoms with E-state index in [1.807, 2.05) is 0 Å². The lowest BCUT2D eigenvalue weighted by molar-refractivity contribution is 0.361. The number of nitrogens with zero attached hydrogens (tertiary/aromatic N) is 2. The minimum atomic E-state index is 0.551. The van der Waals surface area contributed by atoms with Crippen LogP contribution in [0.2, 0.25) is 0 Å². The minimum Gasteiger partial charge on any atom is -0.331 e. The number of hydrogen-bond donors (Lipinski definition) is 1. The van der Waals surface area contributed by atoms with E-state index in [1.165, 1.54) is 30.6 Å². The fourth-order valence-electron chi connectivity index (χ4n) is 3.70. The van der Waals surface area contributed by atoms with Crippen molar-refractivity contribution in [3.63, 3.8) is 0 Å². The number of aromatic nitrogens is 2. The molecule has 1 aromatic carbocycles. The zero-order chi connectivity index (χ0) is 14.1. The second-order valence-corrected chi connectivity index (χ2v) is 6.35. The molecule has 2 aromatic rings. The van der Waals surface area contributed by atoms with E-state index < -0.39 is 0 Å². The van der Waals surface area contributed by atoms with Crippen LogP contribution in [-0.2, 0) is 13.5 Å². The van der Waals surface area contributed by atoms with Crippen LogP contribution in [0.3, 0.4) is 0 Å². The van der Waals surface area contributed by atoms with E-state index in [9.17, 15) is 0 Å². The molecule has 0 saturated heterocycles. The van der Waals surface area contributed by atoms with Gasteiger partial charge in [0.05, 0.1) is 11.0 Å². The lowest BCUT2D eigenvalue weighted by Gasteiger charge is -2.23. The van der Waals surface area contributed by atoms with E-state index in [0.717, 1.165) is 23.8 Å². The van der Waals surface area contributed by atoms with Crippen molar-refractivity contribution in [2.24, 2.45) is 18.9 Å². The highest BCUT2D eigenvalue weighted by atomic mass is 15.1. The second-order valence-electron chi connectivity index (χ2n) is 6.35. The van der Waals surface area contributed by atoms with Crippen molar-refractivity contribution in [1.29, 1.82) is 0 Å². The number of hydrogen-bond acceptors (Lipinski definition) is 2. The van der Waals surface area contributed by atoms with Crippen molar-refractivity contribution >= 4 is 11.0 Å². The molecule has 1 aliphatic carbocycles. The molecule has 0 bridgehead atoms. The standard InChI is InChI=1S/C17H25N3/c1-12-8-9-13(10-12)15(18-2)11-17-19-14-6-4-5-7-16(14)20(17)3/h4-7,12-13,15,18H,8-11H2,1-3H3. The van der Waals surface area contributed by atoms with Crippen molar-refractivity contribution in [2.75, 3.05) is 7.05 Å². The summed E-state index contributed by atoms with van der Waals surface area (Å²) in [6, 6.07) is 8.95. The molecule has 0 spiro atoms. The zero-order valence-electron chi connectivity index (χ0n) is 12.8. The maximum Gasteiger partial charge on any atom is 0.111 e. The number of rotatable bonds is 4. The molecule has 3 nitrogen and oxygen atoms in total. The van der Waals surface area contributed by atoms with Gasteiger partial charge in [-0.25, -0.2) is 4.98 Å². The molecular formula is C17H25N3. The Kier molecular flexibility index (Phi) is 3.79. The molecule has 0 radical (unpaired) electrons. The molecular weight excluding hydrogens is 246 g/mol. The highest BCUT2D eigenvalue weighted by Gasteiger charge is 2.28. The Morgan fingerprint density at radius 3 is 2.80 bits per heavy atom. The van der Waals surface area contributed by atoms with Gasteiger partial charge >= 0.3 is 0 Å². The van der Waals surface area contributed by atoms with E-state index in [-0.39, 0.29) is 0 Å². The van der Waals surface area contributed by atoms with Crippen LogP contribution in [0.5, 0.6) is 0 Å². The predicted octanol–water partition coefficient (Wildman–Crippen LogP) is 3.14. The molecule has 3 unspecified atom stereocenters. The van der Waals surface area contributed by atoms with Crippen LogP contribution in [0.15, 0.2) is 24.3 Å². The van der Waals surface area contributed by atoms with Gasteiger partial charge in [0.15, 0.2) is 0 Å². The Bertz CT molecular complexity index is 587. The molecule has 108 valence electrons. The molecule has 1 saturated carbocycles. The maximum absolute atomic E-state index is 4.81. The Labute approximate surface area is 121 Å². The first-order chi connectivity index (χ1) is 9.69. The summed E-state index contributed by atoms with van der Waals surface area (Å²) < 4.78 is 2.25. The van der Waals surface area contributed by atoms with E-state index in [2.05, 4.69) is 55.2 Å². The zero-order valence-corrected chi connectivity index (χ0v) is 12.8. The smallest absolute Gasteiger partial charge is 0.111 e. The quantitative estimate of drug-likeness (QED) is 0.926. The summed E-state index contributed by atoms with van der Waals surface area (Å²) >= 11 is 0. The number of aryl methyl sites for hydroxylation is 1. The van der Waals surface area contributed by atoms with Gasteiger partial charge in [-0.1, -0.05) is 25.5 Å². The van der Waals surface area contributed by atoms with E-state index in [1.54, 1.807) is 0 Å². The number of benzene rings is 1. The van der Waals surface area contributed by atoms with E-state index >= 15 is 0 Å². The third-order valence-electron chi connectivity index (χ3n) is 4.96. The number of para-hydroxylation sites is 2. The van der Waals surface area contributed by atoms with Crippen molar-refractivity contribution in [3.05, 3.63) is 30.1 Å². The molecule has 3 heteroatoms. The van der Waals surface area contributed by atoms with Gasteiger partial charge in [-0.05, 0) is 43.9 Å². The van der Waals surface area contributed by atoms with Gasteiger partial charge in [0.25, 0.3) is 0 Å². The van der Waals surface area contributed by atoms with Crippen molar-refractivity contribution in [1.82, 2.24) is 14.9 Å². The van der Waals surface area contributed by atoms with Gasteiger partial charge in [0.2, 0.25) is 0 Å². The average Bonchev–Trinajstić information content (AvgIpc) is 3.01. The maximum atomic E-state index is 4.81. The van der Waals surface area contributed by atoms with Gasteiger partial charge in [-0.3, -0.25) is 0 Å². The molecule has 20 heavy (non-hydrogen) atoms. The molecule has 1 aliphatic rings. The predicted molar refractivity (Wildman–Crippen MR) is 83.8 cm³/mol. The van der Waals surface area contributed by atoms with Crippen molar-refractivity contribution < 1.29 is 0 Å². The minimum absolute atomic E-state index is 0.551. The van der Waals surface area contributed by atoms with Crippen LogP contribution in [0.1, 0.15) is 32.0 Å². The molecule has 0 aliphatic heterocycles. The van der Waals surface area contributed by atoms with Crippen LogP contribution in [0.25, 0.3) is 11.0 Å². The molecule has 1 fully saturated rings. The summed E-state index contributed by atoms with van der Waals surface area (Å²) in [4.78, 5) is 4.81. The van der Waals surface area contributed by atoms with Crippen molar-refractivity contribution in [3.8, 4) is 0 Å². The van der Waals surface area contributed by atoms with Crippen LogP contribution in [0.4, 0.5) is 0 Å². The monoisotopic (exact) mass is 271 g/mol. The SMILES string of the molecule is CNC(Cc1nc2ccccc2n1C)C1CCC(C)C1. The molecule has 0 amide bonds. The Balaban J connectivity index is 1.82. The first-order valence-electron chi connectivity index (χ1n) is 7.76. The summed E-state index contributed by atoms with van der Waals surface area (Å²) in [5.74, 6) is 2.89. The topological polar surface area (TPSA) is 29.9 Å². The van der Waals surface area contributed by atoms with Crippen LogP contribution < -0.4 is 5.32 Å². The van der Waals surface area contributed by atoms with Crippen LogP contribution >= 0.6 is 0 Å². The summed E-state index contributed by atoms with van der Waals surface area (Å²) in [6.45, 7) is 2.38. The summed E-state index contributed by atoms with van der Waals surface area (Å²) in [7, 11) is 4.23.